The van der Waals surface area contributed by atoms with E-state index in [2.05, 4.69) is 17.4 Å². The maximum Gasteiger partial charge on any atom is 0.254 e. The Balaban J connectivity index is 1.56. The number of hydrogen-bond acceptors (Lipinski definition) is 3. The summed E-state index contributed by atoms with van der Waals surface area (Å²) in [4.78, 5) is 28.9. The fourth-order valence-corrected chi connectivity index (χ4v) is 5.43. The van der Waals surface area contributed by atoms with Gasteiger partial charge in [0, 0.05) is 25.8 Å². The Kier molecular flexibility index (Phi) is 6.71. The van der Waals surface area contributed by atoms with Crippen LogP contribution in [0.1, 0.15) is 59.5 Å². The van der Waals surface area contributed by atoms with Crippen LogP contribution in [0.2, 0.25) is 0 Å². The Morgan fingerprint density at radius 2 is 1.81 bits per heavy atom. The number of methoxy groups -OCH3 is 1. The van der Waals surface area contributed by atoms with Crippen LogP contribution in [0.25, 0.3) is 0 Å². The lowest BCUT2D eigenvalue weighted by atomic mass is 9.71. The van der Waals surface area contributed by atoms with E-state index >= 15 is 0 Å². The second-order valence-corrected chi connectivity index (χ2v) is 8.66. The van der Waals surface area contributed by atoms with Crippen LogP contribution >= 0.6 is 0 Å². The van der Waals surface area contributed by atoms with Gasteiger partial charge in [-0.15, -0.1) is 0 Å². The first kappa shape index (κ1) is 21.6. The van der Waals surface area contributed by atoms with Gasteiger partial charge in [-0.2, -0.15) is 0 Å². The van der Waals surface area contributed by atoms with Crippen LogP contribution in [-0.2, 0) is 16.0 Å². The van der Waals surface area contributed by atoms with E-state index in [0.717, 1.165) is 44.1 Å². The van der Waals surface area contributed by atoms with Crippen LogP contribution in [0.3, 0.4) is 0 Å². The number of carbonyl (C=O) groups is 2. The number of hydrogen-bond donors (Lipinski definition) is 1. The maximum absolute atomic E-state index is 13.6. The smallest absolute Gasteiger partial charge is 0.254 e. The number of aryl methyl sites for hydroxylation is 1. The van der Waals surface area contributed by atoms with Gasteiger partial charge in [-0.1, -0.05) is 61.4 Å². The average molecular weight is 421 g/mol. The second-order valence-electron chi connectivity index (χ2n) is 8.66. The quantitative estimate of drug-likeness (QED) is 0.658. The van der Waals surface area contributed by atoms with Gasteiger partial charge >= 0.3 is 0 Å². The van der Waals surface area contributed by atoms with Gasteiger partial charge in [0.1, 0.15) is 0 Å². The minimum absolute atomic E-state index is 0.0303. The van der Waals surface area contributed by atoms with E-state index in [9.17, 15) is 9.59 Å². The Labute approximate surface area is 184 Å². The lowest BCUT2D eigenvalue weighted by molar-refractivity contribution is -0.126. The van der Waals surface area contributed by atoms with E-state index in [0.29, 0.717) is 25.3 Å². The molecule has 2 aliphatic rings. The summed E-state index contributed by atoms with van der Waals surface area (Å²) in [5, 5.41) is 3.20. The number of nitrogens with one attached hydrogen (secondary N) is 1. The molecule has 1 fully saturated rings. The molecule has 0 bridgehead atoms. The molecule has 1 saturated carbocycles. The van der Waals surface area contributed by atoms with Crippen LogP contribution in [-0.4, -0.2) is 49.1 Å². The first-order chi connectivity index (χ1) is 15.2. The Hall–Kier alpha value is -2.66. The third-order valence-electron chi connectivity index (χ3n) is 6.86. The normalized spacial score (nSPS) is 19.5. The van der Waals surface area contributed by atoms with E-state index in [1.54, 1.807) is 7.11 Å². The van der Waals surface area contributed by atoms with Crippen molar-refractivity contribution >= 4 is 11.8 Å². The molecule has 0 saturated heterocycles. The molecule has 31 heavy (non-hydrogen) atoms. The molecule has 4 rings (SSSR count). The monoisotopic (exact) mass is 420 g/mol. The highest BCUT2D eigenvalue weighted by atomic mass is 16.5. The maximum atomic E-state index is 13.6. The third kappa shape index (κ3) is 4.24. The summed E-state index contributed by atoms with van der Waals surface area (Å²) in [6.45, 7) is 1.62. The minimum Gasteiger partial charge on any atom is -0.383 e. The van der Waals surface area contributed by atoms with Crippen molar-refractivity contribution in [1.29, 1.82) is 0 Å². The Morgan fingerprint density at radius 3 is 2.55 bits per heavy atom. The van der Waals surface area contributed by atoms with E-state index in [1.165, 1.54) is 5.56 Å². The molecule has 164 valence electrons. The lowest BCUT2D eigenvalue weighted by Gasteiger charge is -2.50. The van der Waals surface area contributed by atoms with Gasteiger partial charge in [-0.3, -0.25) is 9.59 Å². The number of amides is 2. The molecule has 1 aliphatic heterocycles. The number of ether oxygens (including phenoxy) is 1. The van der Waals surface area contributed by atoms with Gasteiger partial charge in [0.25, 0.3) is 5.91 Å². The topological polar surface area (TPSA) is 58.6 Å². The standard InChI is InChI=1S/C26H32N2O3/c1-31-19-18-28-25(30)22-14-6-5-13-21(22)23(26(28)15-7-8-16-26)24(29)27-17-9-12-20-10-3-2-4-11-20/h2-6,10-11,13-14,23H,7-9,12,15-19H2,1H3,(H,27,29)/t23-/m0/s1. The molecule has 2 aromatic carbocycles. The summed E-state index contributed by atoms with van der Waals surface area (Å²) in [7, 11) is 1.65. The minimum atomic E-state index is -0.451. The van der Waals surface area contributed by atoms with Crippen LogP contribution in [0.4, 0.5) is 0 Å². The van der Waals surface area contributed by atoms with Gasteiger partial charge in [0.15, 0.2) is 0 Å². The molecule has 1 spiro atoms. The predicted octanol–water partition coefficient (Wildman–Crippen LogP) is 3.93. The zero-order valence-corrected chi connectivity index (χ0v) is 18.3. The highest BCUT2D eigenvalue weighted by molar-refractivity contribution is 6.02. The number of nitrogens with zero attached hydrogens (tertiary/aromatic N) is 1. The summed E-state index contributed by atoms with van der Waals surface area (Å²) in [6, 6.07) is 18.0. The molecule has 1 heterocycles. The SMILES string of the molecule is COCCN1C(=O)c2ccccc2[C@@H](C(=O)NCCCc2ccccc2)C12CCCC2. The Bertz CT molecular complexity index is 906. The molecular formula is C26H32N2O3. The molecule has 5 nitrogen and oxygen atoms in total. The van der Waals surface area contributed by atoms with Gasteiger partial charge in [0.05, 0.1) is 18.1 Å². The van der Waals surface area contributed by atoms with E-state index < -0.39 is 5.54 Å². The summed E-state index contributed by atoms with van der Waals surface area (Å²) in [6.07, 6.45) is 5.63. The van der Waals surface area contributed by atoms with Crippen molar-refractivity contribution < 1.29 is 14.3 Å². The number of rotatable bonds is 8. The van der Waals surface area contributed by atoms with Crippen molar-refractivity contribution in [3.8, 4) is 0 Å². The van der Waals surface area contributed by atoms with Crippen LogP contribution in [0.15, 0.2) is 54.6 Å². The number of benzene rings is 2. The third-order valence-corrected chi connectivity index (χ3v) is 6.86. The predicted molar refractivity (Wildman–Crippen MR) is 121 cm³/mol. The van der Waals surface area contributed by atoms with Crippen LogP contribution in [0.5, 0.6) is 0 Å². The fraction of sp³-hybridized carbons (Fsp3) is 0.462. The summed E-state index contributed by atoms with van der Waals surface area (Å²) in [5.74, 6) is -0.266. The molecule has 2 amide bonds. The van der Waals surface area contributed by atoms with Gasteiger partial charge in [0.2, 0.25) is 5.91 Å². The Morgan fingerprint density at radius 1 is 1.10 bits per heavy atom. The summed E-state index contributed by atoms with van der Waals surface area (Å²) < 4.78 is 5.31. The van der Waals surface area contributed by atoms with E-state index in [4.69, 9.17) is 4.74 Å². The highest BCUT2D eigenvalue weighted by Crippen LogP contribution is 2.50. The summed E-state index contributed by atoms with van der Waals surface area (Å²) >= 11 is 0. The molecule has 2 aromatic rings. The van der Waals surface area contributed by atoms with Crippen molar-refractivity contribution in [2.45, 2.75) is 50.0 Å². The van der Waals surface area contributed by atoms with E-state index in [1.807, 2.05) is 47.4 Å². The number of carbonyl (C=O) groups excluding carboxylic acids is 2. The lowest BCUT2D eigenvalue weighted by Crippen LogP contribution is -2.61. The second kappa shape index (κ2) is 9.65. The van der Waals surface area contributed by atoms with Crippen LogP contribution < -0.4 is 5.32 Å². The van der Waals surface area contributed by atoms with Crippen molar-refractivity contribution in [2.75, 3.05) is 26.8 Å². The highest BCUT2D eigenvalue weighted by Gasteiger charge is 2.55. The van der Waals surface area contributed by atoms with Crippen molar-refractivity contribution in [3.05, 3.63) is 71.3 Å². The molecular weight excluding hydrogens is 388 g/mol. The van der Waals surface area contributed by atoms with Crippen molar-refractivity contribution in [3.63, 3.8) is 0 Å². The van der Waals surface area contributed by atoms with Gasteiger partial charge in [-0.05, 0) is 42.9 Å². The molecule has 1 aliphatic carbocycles. The molecule has 1 atom stereocenters. The van der Waals surface area contributed by atoms with Crippen molar-refractivity contribution in [2.24, 2.45) is 0 Å². The molecule has 5 heteroatoms. The van der Waals surface area contributed by atoms with Gasteiger partial charge in [-0.25, -0.2) is 0 Å². The summed E-state index contributed by atoms with van der Waals surface area (Å²) in [5.41, 5.74) is 2.36. The zero-order chi connectivity index (χ0) is 21.7. The van der Waals surface area contributed by atoms with Crippen LogP contribution in [0, 0.1) is 0 Å². The molecule has 0 unspecified atom stereocenters. The largest absolute Gasteiger partial charge is 0.383 e. The molecule has 1 N–H and O–H groups in total. The fourth-order valence-electron chi connectivity index (χ4n) is 5.43. The van der Waals surface area contributed by atoms with Crippen molar-refractivity contribution in [1.82, 2.24) is 10.2 Å². The molecule has 0 aromatic heterocycles. The zero-order valence-electron chi connectivity index (χ0n) is 18.3. The first-order valence-corrected chi connectivity index (χ1v) is 11.4. The molecule has 0 radical (unpaired) electrons. The first-order valence-electron chi connectivity index (χ1n) is 11.4. The average Bonchev–Trinajstić information content (AvgIpc) is 3.27. The van der Waals surface area contributed by atoms with E-state index in [-0.39, 0.29) is 17.7 Å². The number of fused-ring (bicyclic) bond motifs is 1. The van der Waals surface area contributed by atoms with Gasteiger partial charge < -0.3 is 15.0 Å².